The van der Waals surface area contributed by atoms with Crippen molar-refractivity contribution in [1.82, 2.24) is 0 Å². The fraction of sp³-hybridized carbons (Fsp3) is 0.467. The molecule has 0 spiro atoms. The Hall–Kier alpha value is -1.84. The van der Waals surface area contributed by atoms with Crippen LogP contribution in [0.1, 0.15) is 26.3 Å². The number of ether oxygens (including phenoxy) is 1. The topological polar surface area (TPSA) is 63.6 Å². The highest BCUT2D eigenvalue weighted by Crippen LogP contribution is 2.20. The molecule has 1 aromatic carbocycles. The zero-order valence-electron chi connectivity index (χ0n) is 11.5. The van der Waals surface area contributed by atoms with E-state index in [2.05, 4.69) is 0 Å². The molecule has 2 atom stereocenters. The molecule has 0 aliphatic heterocycles. The molecule has 0 radical (unpaired) electrons. The summed E-state index contributed by atoms with van der Waals surface area (Å²) < 4.78 is 5.08. The predicted octanol–water partition coefficient (Wildman–Crippen LogP) is 2.52. The fourth-order valence-electron chi connectivity index (χ4n) is 1.85. The van der Waals surface area contributed by atoms with Gasteiger partial charge in [-0.05, 0) is 25.8 Å². The molecule has 0 unspecified atom stereocenters. The Morgan fingerprint density at radius 3 is 2.21 bits per heavy atom. The van der Waals surface area contributed by atoms with Crippen molar-refractivity contribution in [2.45, 2.75) is 33.3 Å². The molecule has 1 aromatic rings. The third kappa shape index (κ3) is 4.73. The van der Waals surface area contributed by atoms with E-state index < -0.39 is 23.8 Å². The molecule has 0 amide bonds. The summed E-state index contributed by atoms with van der Waals surface area (Å²) in [6, 6.07) is 9.29. The number of hydrogen-bond donors (Lipinski definition) is 1. The van der Waals surface area contributed by atoms with E-state index in [0.717, 1.165) is 5.56 Å². The molecular formula is C15H20O4. The standard InChI is InChI=1S/C15H20O4/c1-10(2)19-15(18)11(3)13(14(16)17)9-12-7-5-4-6-8-12/h4-8,10-11,13H,9H2,1-3H3,(H,16,17)/t11-,13+/m0/s1. The number of carboxylic acid groups (broad SMARTS) is 1. The molecular weight excluding hydrogens is 244 g/mol. The number of hydrogen-bond acceptors (Lipinski definition) is 3. The third-order valence-corrected chi connectivity index (χ3v) is 2.94. The molecule has 0 fully saturated rings. The Morgan fingerprint density at radius 1 is 1.16 bits per heavy atom. The minimum Gasteiger partial charge on any atom is -0.481 e. The summed E-state index contributed by atoms with van der Waals surface area (Å²) in [7, 11) is 0. The van der Waals surface area contributed by atoms with E-state index in [0.29, 0.717) is 6.42 Å². The zero-order valence-corrected chi connectivity index (χ0v) is 11.5. The molecule has 0 aromatic heterocycles. The third-order valence-electron chi connectivity index (χ3n) is 2.94. The van der Waals surface area contributed by atoms with Gasteiger partial charge < -0.3 is 9.84 Å². The van der Waals surface area contributed by atoms with Crippen molar-refractivity contribution in [3.63, 3.8) is 0 Å². The largest absolute Gasteiger partial charge is 0.481 e. The lowest BCUT2D eigenvalue weighted by atomic mass is 9.88. The van der Waals surface area contributed by atoms with E-state index in [1.54, 1.807) is 20.8 Å². The summed E-state index contributed by atoms with van der Waals surface area (Å²) >= 11 is 0. The molecule has 4 heteroatoms. The van der Waals surface area contributed by atoms with Gasteiger partial charge in [0, 0.05) is 0 Å². The summed E-state index contributed by atoms with van der Waals surface area (Å²) in [5.74, 6) is -2.87. The first-order valence-corrected chi connectivity index (χ1v) is 6.39. The number of carbonyl (C=O) groups excluding carboxylic acids is 1. The van der Waals surface area contributed by atoms with E-state index in [-0.39, 0.29) is 6.10 Å². The lowest BCUT2D eigenvalue weighted by molar-refractivity contribution is -0.159. The highest BCUT2D eigenvalue weighted by atomic mass is 16.5. The quantitative estimate of drug-likeness (QED) is 0.802. The smallest absolute Gasteiger partial charge is 0.309 e. The van der Waals surface area contributed by atoms with Gasteiger partial charge in [-0.3, -0.25) is 9.59 Å². The van der Waals surface area contributed by atoms with Crippen LogP contribution in [0, 0.1) is 11.8 Å². The summed E-state index contributed by atoms with van der Waals surface area (Å²) in [6.45, 7) is 5.10. The highest BCUT2D eigenvalue weighted by molar-refractivity contribution is 5.81. The predicted molar refractivity (Wildman–Crippen MR) is 71.7 cm³/mol. The van der Waals surface area contributed by atoms with Crippen molar-refractivity contribution in [2.24, 2.45) is 11.8 Å². The zero-order chi connectivity index (χ0) is 14.4. The van der Waals surface area contributed by atoms with Gasteiger partial charge in [-0.1, -0.05) is 37.3 Å². The summed E-state index contributed by atoms with van der Waals surface area (Å²) in [5, 5.41) is 9.28. The van der Waals surface area contributed by atoms with Gasteiger partial charge in [-0.15, -0.1) is 0 Å². The van der Waals surface area contributed by atoms with E-state index >= 15 is 0 Å². The second-order valence-corrected chi connectivity index (χ2v) is 4.91. The van der Waals surface area contributed by atoms with Crippen LogP contribution >= 0.6 is 0 Å². The molecule has 0 aliphatic carbocycles. The SMILES string of the molecule is CC(C)OC(=O)[C@@H](C)[C@@H](Cc1ccccc1)C(=O)O. The summed E-state index contributed by atoms with van der Waals surface area (Å²) in [5.41, 5.74) is 0.902. The van der Waals surface area contributed by atoms with Crippen LogP contribution in [-0.4, -0.2) is 23.1 Å². The van der Waals surface area contributed by atoms with Crippen LogP contribution in [-0.2, 0) is 20.7 Å². The first-order valence-electron chi connectivity index (χ1n) is 6.39. The van der Waals surface area contributed by atoms with Crippen molar-refractivity contribution in [1.29, 1.82) is 0 Å². The Kier molecular flexibility index (Phi) is 5.55. The average molecular weight is 264 g/mol. The molecule has 0 aliphatic rings. The second kappa shape index (κ2) is 6.92. The molecule has 104 valence electrons. The van der Waals surface area contributed by atoms with Gasteiger partial charge in [0.25, 0.3) is 0 Å². The molecule has 0 bridgehead atoms. The minimum absolute atomic E-state index is 0.235. The van der Waals surface area contributed by atoms with Gasteiger partial charge >= 0.3 is 11.9 Å². The summed E-state index contributed by atoms with van der Waals surface area (Å²) in [6.07, 6.45) is 0.0889. The van der Waals surface area contributed by atoms with E-state index in [9.17, 15) is 14.7 Å². The van der Waals surface area contributed by atoms with Crippen molar-refractivity contribution in [3.05, 3.63) is 35.9 Å². The Bertz CT molecular complexity index is 425. The first kappa shape index (κ1) is 15.2. The molecule has 4 nitrogen and oxygen atoms in total. The number of rotatable bonds is 6. The van der Waals surface area contributed by atoms with Gasteiger partial charge in [0.1, 0.15) is 0 Å². The minimum atomic E-state index is -0.975. The first-order chi connectivity index (χ1) is 8.91. The normalized spacial score (nSPS) is 13.9. The van der Waals surface area contributed by atoms with E-state index in [4.69, 9.17) is 4.74 Å². The number of benzene rings is 1. The second-order valence-electron chi connectivity index (χ2n) is 4.91. The Morgan fingerprint density at radius 2 is 1.74 bits per heavy atom. The maximum atomic E-state index is 11.8. The van der Waals surface area contributed by atoms with Gasteiger partial charge in [0.2, 0.25) is 0 Å². The van der Waals surface area contributed by atoms with Gasteiger partial charge in [0.15, 0.2) is 0 Å². The molecule has 0 saturated heterocycles. The van der Waals surface area contributed by atoms with Crippen molar-refractivity contribution >= 4 is 11.9 Å². The van der Waals surface area contributed by atoms with Gasteiger partial charge in [0.05, 0.1) is 17.9 Å². The van der Waals surface area contributed by atoms with Crippen molar-refractivity contribution in [2.75, 3.05) is 0 Å². The van der Waals surface area contributed by atoms with Crippen LogP contribution in [0.4, 0.5) is 0 Å². The van der Waals surface area contributed by atoms with Gasteiger partial charge in [-0.2, -0.15) is 0 Å². The van der Waals surface area contributed by atoms with Gasteiger partial charge in [-0.25, -0.2) is 0 Å². The van der Waals surface area contributed by atoms with Crippen LogP contribution in [0.5, 0.6) is 0 Å². The van der Waals surface area contributed by atoms with Crippen LogP contribution in [0.15, 0.2) is 30.3 Å². The lowest BCUT2D eigenvalue weighted by Crippen LogP contribution is -2.32. The lowest BCUT2D eigenvalue weighted by Gasteiger charge is -2.20. The van der Waals surface area contributed by atoms with Crippen LogP contribution in [0.3, 0.4) is 0 Å². The number of esters is 1. The van der Waals surface area contributed by atoms with Crippen molar-refractivity contribution < 1.29 is 19.4 Å². The molecule has 0 heterocycles. The molecule has 19 heavy (non-hydrogen) atoms. The van der Waals surface area contributed by atoms with Crippen LogP contribution in [0.2, 0.25) is 0 Å². The Balaban J connectivity index is 2.77. The molecule has 0 saturated carbocycles. The molecule has 1 N–H and O–H groups in total. The van der Waals surface area contributed by atoms with E-state index in [1.807, 2.05) is 30.3 Å². The number of carbonyl (C=O) groups is 2. The van der Waals surface area contributed by atoms with E-state index in [1.165, 1.54) is 0 Å². The highest BCUT2D eigenvalue weighted by Gasteiger charge is 2.31. The average Bonchev–Trinajstić information content (AvgIpc) is 2.35. The van der Waals surface area contributed by atoms with Crippen LogP contribution in [0.25, 0.3) is 0 Å². The molecule has 1 rings (SSSR count). The maximum absolute atomic E-state index is 11.8. The fourth-order valence-corrected chi connectivity index (χ4v) is 1.85. The maximum Gasteiger partial charge on any atom is 0.309 e. The summed E-state index contributed by atoms with van der Waals surface area (Å²) in [4.78, 5) is 23.1. The van der Waals surface area contributed by atoms with Crippen LogP contribution < -0.4 is 0 Å². The monoisotopic (exact) mass is 264 g/mol. The number of aliphatic carboxylic acids is 1. The van der Waals surface area contributed by atoms with Crippen molar-refractivity contribution in [3.8, 4) is 0 Å². The number of carboxylic acids is 1. The Labute approximate surface area is 113 Å².